The molecule has 0 bridgehead atoms. The molecule has 0 fully saturated rings. The molecule has 0 saturated heterocycles. The molecule has 1 aliphatic carbocycles. The molecule has 28 heavy (non-hydrogen) atoms. The minimum absolute atomic E-state index is 0.0352. The Morgan fingerprint density at radius 3 is 2.18 bits per heavy atom. The van der Waals surface area contributed by atoms with Crippen molar-refractivity contribution in [1.82, 2.24) is 4.72 Å². The molecule has 7 nitrogen and oxygen atoms in total. The molecule has 10 heteroatoms. The van der Waals surface area contributed by atoms with Gasteiger partial charge in [-0.05, 0) is 34.1 Å². The third-order valence-corrected chi connectivity index (χ3v) is 8.92. The largest absolute Gasteiger partial charge is 0.359 e. The van der Waals surface area contributed by atoms with Gasteiger partial charge < -0.3 is 9.05 Å². The van der Waals surface area contributed by atoms with Gasteiger partial charge in [0.1, 0.15) is 0 Å². The molecule has 0 spiro atoms. The lowest BCUT2D eigenvalue weighted by molar-refractivity contribution is 0.103. The van der Waals surface area contributed by atoms with E-state index in [-0.39, 0.29) is 26.3 Å². The van der Waals surface area contributed by atoms with Crippen LogP contribution in [0.2, 0.25) is 0 Å². The van der Waals surface area contributed by atoms with Crippen molar-refractivity contribution in [1.29, 1.82) is 0 Å². The van der Waals surface area contributed by atoms with E-state index in [0.29, 0.717) is 0 Å². The van der Waals surface area contributed by atoms with Crippen LogP contribution in [0.15, 0.2) is 70.1 Å². The maximum Gasteiger partial charge on any atom is 0.359 e. The third kappa shape index (κ3) is 3.32. The van der Waals surface area contributed by atoms with Crippen molar-refractivity contribution >= 4 is 39.3 Å². The predicted molar refractivity (Wildman–Crippen MR) is 108 cm³/mol. The Morgan fingerprint density at radius 2 is 1.57 bits per heavy atom. The fourth-order valence-electron chi connectivity index (χ4n) is 3.06. The summed E-state index contributed by atoms with van der Waals surface area (Å²) >= 11 is 3.16. The summed E-state index contributed by atoms with van der Waals surface area (Å²) in [5.41, 5.74) is 0.358. The van der Waals surface area contributed by atoms with E-state index in [1.165, 1.54) is 30.3 Å². The molecule has 0 heterocycles. The van der Waals surface area contributed by atoms with Crippen molar-refractivity contribution < 1.29 is 26.8 Å². The predicted octanol–water partition coefficient (Wildman–Crippen LogP) is 3.78. The molecule has 1 unspecified atom stereocenters. The SMILES string of the molecule is COP(=O)(OC)C1(NS(=O)(=O)c2ccccc2)C=C(Br)C(=O)c2ccccc21. The Kier molecular flexibility index (Phi) is 5.78. The molecule has 0 aromatic heterocycles. The van der Waals surface area contributed by atoms with E-state index in [1.54, 1.807) is 30.3 Å². The molecule has 0 aliphatic heterocycles. The second-order valence-corrected chi connectivity index (χ2v) is 10.9. The quantitative estimate of drug-likeness (QED) is 0.625. The molecule has 3 rings (SSSR count). The molecular weight excluding hydrogens is 469 g/mol. The number of hydrogen-bond donors (Lipinski definition) is 1. The Balaban J connectivity index is 2.33. The van der Waals surface area contributed by atoms with Crippen LogP contribution in [-0.4, -0.2) is 28.4 Å². The summed E-state index contributed by atoms with van der Waals surface area (Å²) in [6, 6.07) is 13.9. The maximum absolute atomic E-state index is 13.6. The van der Waals surface area contributed by atoms with Crippen LogP contribution in [0.25, 0.3) is 0 Å². The number of Topliss-reactive ketones (excluding diaryl/α,β-unsaturated/α-hetero) is 1. The fourth-order valence-corrected chi connectivity index (χ4v) is 7.32. The number of halogens is 1. The van der Waals surface area contributed by atoms with E-state index >= 15 is 0 Å². The molecule has 2 aromatic rings. The second kappa shape index (κ2) is 7.67. The Hall–Kier alpha value is -1.61. The highest BCUT2D eigenvalue weighted by atomic mass is 79.9. The van der Waals surface area contributed by atoms with Crippen molar-refractivity contribution in [2.24, 2.45) is 0 Å². The normalized spacial score (nSPS) is 19.8. The van der Waals surface area contributed by atoms with E-state index in [0.717, 1.165) is 14.2 Å². The van der Waals surface area contributed by atoms with Gasteiger partial charge in [-0.25, -0.2) is 8.42 Å². The van der Waals surface area contributed by atoms with Gasteiger partial charge in [-0.2, -0.15) is 4.72 Å². The number of nitrogens with one attached hydrogen (secondary N) is 1. The van der Waals surface area contributed by atoms with E-state index in [1.807, 2.05) is 0 Å². The second-order valence-electron chi connectivity index (χ2n) is 5.91. The van der Waals surface area contributed by atoms with Crippen LogP contribution in [-0.2, 0) is 28.9 Å². The average molecular weight is 486 g/mol. The molecule has 2 aromatic carbocycles. The highest BCUT2D eigenvalue weighted by molar-refractivity contribution is 9.12. The zero-order valence-electron chi connectivity index (χ0n) is 15.0. The highest BCUT2D eigenvalue weighted by Gasteiger charge is 2.56. The first-order valence-electron chi connectivity index (χ1n) is 8.04. The average Bonchev–Trinajstić information content (AvgIpc) is 2.71. The van der Waals surface area contributed by atoms with Crippen molar-refractivity contribution in [3.63, 3.8) is 0 Å². The van der Waals surface area contributed by atoms with Gasteiger partial charge in [-0.1, -0.05) is 42.5 Å². The number of hydrogen-bond acceptors (Lipinski definition) is 6. The van der Waals surface area contributed by atoms with E-state index in [9.17, 15) is 17.8 Å². The van der Waals surface area contributed by atoms with Gasteiger partial charge in [0.05, 0.1) is 9.38 Å². The smallest absolute Gasteiger partial charge is 0.310 e. The van der Waals surface area contributed by atoms with Crippen LogP contribution in [0.4, 0.5) is 0 Å². The number of allylic oxidation sites excluding steroid dienone is 1. The van der Waals surface area contributed by atoms with Gasteiger partial charge in [-0.15, -0.1) is 0 Å². The first-order chi connectivity index (χ1) is 13.2. The van der Waals surface area contributed by atoms with Crippen molar-refractivity contribution in [2.45, 2.75) is 10.2 Å². The van der Waals surface area contributed by atoms with Crippen LogP contribution in [0.1, 0.15) is 15.9 Å². The minimum atomic E-state index is -4.16. The van der Waals surface area contributed by atoms with Gasteiger partial charge in [0.2, 0.25) is 10.0 Å². The van der Waals surface area contributed by atoms with Crippen molar-refractivity contribution in [3.05, 3.63) is 76.3 Å². The number of sulfonamides is 1. The number of carbonyl (C=O) groups is 1. The van der Waals surface area contributed by atoms with E-state index in [2.05, 4.69) is 20.7 Å². The Bertz CT molecular complexity index is 1090. The van der Waals surface area contributed by atoms with Crippen LogP contribution in [0.3, 0.4) is 0 Å². The van der Waals surface area contributed by atoms with Gasteiger partial charge in [0.25, 0.3) is 0 Å². The zero-order valence-corrected chi connectivity index (χ0v) is 18.3. The maximum atomic E-state index is 13.6. The topological polar surface area (TPSA) is 98.8 Å². The summed E-state index contributed by atoms with van der Waals surface area (Å²) in [6.45, 7) is 0. The van der Waals surface area contributed by atoms with Crippen LogP contribution < -0.4 is 4.72 Å². The van der Waals surface area contributed by atoms with Gasteiger partial charge in [0.15, 0.2) is 11.1 Å². The van der Waals surface area contributed by atoms with Crippen molar-refractivity contribution in [3.8, 4) is 0 Å². The van der Waals surface area contributed by atoms with Gasteiger partial charge in [0, 0.05) is 25.3 Å². The number of ketones is 1. The van der Waals surface area contributed by atoms with Crippen molar-refractivity contribution in [2.75, 3.05) is 14.2 Å². The zero-order chi connectivity index (χ0) is 20.6. The highest BCUT2D eigenvalue weighted by Crippen LogP contribution is 2.65. The lowest BCUT2D eigenvalue weighted by atomic mass is 9.92. The summed E-state index contributed by atoms with van der Waals surface area (Å²) in [6.07, 6.45) is 1.23. The lowest BCUT2D eigenvalue weighted by Gasteiger charge is -2.39. The number of rotatable bonds is 6. The van der Waals surface area contributed by atoms with Crippen LogP contribution in [0.5, 0.6) is 0 Å². The molecular formula is C18H17BrNO6PS. The standard InChI is InChI=1S/C18H17BrNO6PS/c1-25-27(22,26-2)18(20-28(23,24)13-8-4-3-5-9-13)12-16(19)17(21)14-10-6-7-11-15(14)18/h3-12,20H,1-2H3. The summed E-state index contributed by atoms with van der Waals surface area (Å²) in [5.74, 6) is -0.371. The first-order valence-corrected chi connectivity index (χ1v) is 11.9. The summed E-state index contributed by atoms with van der Waals surface area (Å²) in [7, 11) is -6.00. The summed E-state index contributed by atoms with van der Waals surface area (Å²) in [4.78, 5) is 12.5. The Morgan fingerprint density at radius 1 is 1.00 bits per heavy atom. The fraction of sp³-hybridized carbons (Fsp3) is 0.167. The van der Waals surface area contributed by atoms with Crippen LogP contribution >= 0.6 is 23.5 Å². The lowest BCUT2D eigenvalue weighted by Crippen LogP contribution is -2.47. The molecule has 0 saturated carbocycles. The molecule has 1 N–H and O–H groups in total. The third-order valence-electron chi connectivity index (χ3n) is 4.39. The minimum Gasteiger partial charge on any atom is -0.310 e. The summed E-state index contributed by atoms with van der Waals surface area (Å²) < 4.78 is 52.7. The number of carbonyl (C=O) groups excluding carboxylic acids is 1. The first kappa shape index (κ1) is 21.1. The van der Waals surface area contributed by atoms with Crippen LogP contribution in [0, 0.1) is 0 Å². The molecule has 148 valence electrons. The molecule has 0 radical (unpaired) electrons. The molecule has 1 atom stereocenters. The van der Waals surface area contributed by atoms with E-state index in [4.69, 9.17) is 9.05 Å². The molecule has 0 amide bonds. The monoisotopic (exact) mass is 485 g/mol. The summed E-state index contributed by atoms with van der Waals surface area (Å²) in [5, 5.41) is -1.95. The Labute approximate surface area is 171 Å². The van der Waals surface area contributed by atoms with Gasteiger partial charge in [-0.3, -0.25) is 9.36 Å². The number of benzene rings is 2. The number of fused-ring (bicyclic) bond motifs is 1. The van der Waals surface area contributed by atoms with Gasteiger partial charge >= 0.3 is 7.60 Å². The van der Waals surface area contributed by atoms with E-state index < -0.39 is 22.9 Å². The molecule has 1 aliphatic rings.